The van der Waals surface area contributed by atoms with Crippen LogP contribution in [0.1, 0.15) is 49.0 Å². The first-order valence-corrected chi connectivity index (χ1v) is 13.4. The van der Waals surface area contributed by atoms with E-state index in [1.165, 1.54) is 40.9 Å². The maximum absolute atomic E-state index is 12.3. The summed E-state index contributed by atoms with van der Waals surface area (Å²) in [6.07, 6.45) is 9.66. The SMILES string of the molecule is CC(=O)N1CCc2c(c(N3CC(C4CC4)Cc4cc(-c5cnn(C)c5)ccc43)nn2[C@H]2CCOC2)C1. The molecule has 7 rings (SSSR count). The molecule has 8 nitrogen and oxygen atoms in total. The highest BCUT2D eigenvalue weighted by molar-refractivity contribution is 5.76. The van der Waals surface area contributed by atoms with Crippen molar-refractivity contribution in [2.45, 2.75) is 51.6 Å². The molecule has 5 heterocycles. The maximum atomic E-state index is 12.3. The van der Waals surface area contributed by atoms with Gasteiger partial charge in [-0.25, -0.2) is 0 Å². The van der Waals surface area contributed by atoms with Crippen molar-refractivity contribution in [2.75, 3.05) is 31.2 Å². The summed E-state index contributed by atoms with van der Waals surface area (Å²) in [5, 5.41) is 9.68. The third-order valence-electron chi connectivity index (χ3n) is 8.61. The summed E-state index contributed by atoms with van der Waals surface area (Å²) in [5.41, 5.74) is 7.54. The summed E-state index contributed by atoms with van der Waals surface area (Å²) in [4.78, 5) is 16.8. The minimum atomic E-state index is 0.138. The van der Waals surface area contributed by atoms with E-state index in [1.807, 2.05) is 22.8 Å². The normalized spacial score (nSPS) is 23.6. The zero-order valence-corrected chi connectivity index (χ0v) is 21.2. The van der Waals surface area contributed by atoms with Crippen molar-refractivity contribution in [3.05, 3.63) is 47.4 Å². The van der Waals surface area contributed by atoms with Crippen LogP contribution in [0.25, 0.3) is 11.1 Å². The lowest BCUT2D eigenvalue weighted by molar-refractivity contribution is -0.129. The Morgan fingerprint density at radius 3 is 2.75 bits per heavy atom. The molecule has 1 aromatic carbocycles. The van der Waals surface area contributed by atoms with E-state index in [2.05, 4.69) is 39.1 Å². The number of aromatic nitrogens is 4. The van der Waals surface area contributed by atoms with Crippen LogP contribution in [0.3, 0.4) is 0 Å². The van der Waals surface area contributed by atoms with Gasteiger partial charge in [-0.3, -0.25) is 14.2 Å². The number of carbonyl (C=O) groups is 1. The molecule has 188 valence electrons. The van der Waals surface area contributed by atoms with Crippen molar-refractivity contribution >= 4 is 17.4 Å². The number of carbonyl (C=O) groups excluding carboxylic acids is 1. The zero-order chi connectivity index (χ0) is 24.4. The Morgan fingerprint density at radius 2 is 2.03 bits per heavy atom. The highest BCUT2D eigenvalue weighted by Crippen LogP contribution is 2.47. The second-order valence-electron chi connectivity index (χ2n) is 11.1. The third kappa shape index (κ3) is 3.74. The zero-order valence-electron chi connectivity index (χ0n) is 21.2. The summed E-state index contributed by atoms with van der Waals surface area (Å²) in [6, 6.07) is 7.14. The summed E-state index contributed by atoms with van der Waals surface area (Å²) >= 11 is 0. The fourth-order valence-electron chi connectivity index (χ4n) is 6.46. The van der Waals surface area contributed by atoms with Gasteiger partial charge in [0, 0.05) is 68.8 Å². The molecule has 1 saturated carbocycles. The second kappa shape index (κ2) is 8.47. The van der Waals surface area contributed by atoms with Gasteiger partial charge in [0.15, 0.2) is 5.82 Å². The van der Waals surface area contributed by atoms with Gasteiger partial charge in [-0.15, -0.1) is 0 Å². The number of hydrogen-bond donors (Lipinski definition) is 0. The molecule has 3 aromatic rings. The number of anilines is 2. The number of benzene rings is 1. The quantitative estimate of drug-likeness (QED) is 0.560. The van der Waals surface area contributed by atoms with Gasteiger partial charge in [-0.2, -0.15) is 10.2 Å². The Balaban J connectivity index is 1.33. The smallest absolute Gasteiger partial charge is 0.219 e. The largest absolute Gasteiger partial charge is 0.379 e. The van der Waals surface area contributed by atoms with Gasteiger partial charge >= 0.3 is 0 Å². The maximum Gasteiger partial charge on any atom is 0.219 e. The van der Waals surface area contributed by atoms with Gasteiger partial charge in [-0.1, -0.05) is 6.07 Å². The van der Waals surface area contributed by atoms with Crippen molar-refractivity contribution in [1.82, 2.24) is 24.5 Å². The number of nitrogens with zero attached hydrogens (tertiary/aromatic N) is 6. The molecule has 36 heavy (non-hydrogen) atoms. The molecule has 2 fully saturated rings. The predicted molar refractivity (Wildman–Crippen MR) is 137 cm³/mol. The number of amides is 1. The lowest BCUT2D eigenvalue weighted by atomic mass is 9.87. The van der Waals surface area contributed by atoms with Gasteiger partial charge in [0.2, 0.25) is 5.91 Å². The van der Waals surface area contributed by atoms with E-state index in [-0.39, 0.29) is 11.9 Å². The van der Waals surface area contributed by atoms with Gasteiger partial charge in [0.25, 0.3) is 0 Å². The van der Waals surface area contributed by atoms with E-state index < -0.39 is 0 Å². The third-order valence-corrected chi connectivity index (χ3v) is 8.61. The number of fused-ring (bicyclic) bond motifs is 2. The fraction of sp³-hybridized carbons (Fsp3) is 0.536. The average molecular weight is 487 g/mol. The lowest BCUT2D eigenvalue weighted by Crippen LogP contribution is -2.37. The molecular weight excluding hydrogens is 452 g/mol. The van der Waals surface area contributed by atoms with Crippen molar-refractivity contribution in [3.63, 3.8) is 0 Å². The van der Waals surface area contributed by atoms with E-state index in [0.29, 0.717) is 12.5 Å². The summed E-state index contributed by atoms with van der Waals surface area (Å²) in [7, 11) is 1.96. The molecule has 0 bridgehead atoms. The topological polar surface area (TPSA) is 68.4 Å². The molecule has 1 amide bonds. The van der Waals surface area contributed by atoms with Crippen LogP contribution in [0.2, 0.25) is 0 Å². The van der Waals surface area contributed by atoms with Crippen LogP contribution < -0.4 is 4.90 Å². The van der Waals surface area contributed by atoms with Crippen molar-refractivity contribution in [2.24, 2.45) is 18.9 Å². The number of aryl methyl sites for hydroxylation is 1. The molecule has 1 saturated heterocycles. The van der Waals surface area contributed by atoms with Crippen LogP contribution in [-0.4, -0.2) is 56.7 Å². The van der Waals surface area contributed by atoms with Crippen LogP contribution in [0.4, 0.5) is 11.5 Å². The fourth-order valence-corrected chi connectivity index (χ4v) is 6.46. The first kappa shape index (κ1) is 22.1. The van der Waals surface area contributed by atoms with Crippen LogP contribution in [-0.2, 0) is 36.0 Å². The molecule has 4 aliphatic rings. The molecule has 0 spiro atoms. The van der Waals surface area contributed by atoms with E-state index in [9.17, 15) is 4.79 Å². The number of rotatable bonds is 4. The van der Waals surface area contributed by atoms with Crippen molar-refractivity contribution in [1.29, 1.82) is 0 Å². The standard InChI is InChI=1S/C28H34N6O2/c1-18(35)32-9-7-27-25(16-32)28(30-34(27)24-8-10-36-17-24)33-15-22(19-3-4-19)12-21-11-20(5-6-26(21)33)23-13-29-31(2)14-23/h5-6,11,13-14,19,22,24H,3-4,7-10,12,15-17H2,1-2H3/t22?,24-/m0/s1. The number of ether oxygens (including phenoxy) is 1. The summed E-state index contributed by atoms with van der Waals surface area (Å²) < 4.78 is 9.85. The molecule has 1 unspecified atom stereocenters. The van der Waals surface area contributed by atoms with Crippen LogP contribution >= 0.6 is 0 Å². The van der Waals surface area contributed by atoms with Gasteiger partial charge < -0.3 is 14.5 Å². The monoisotopic (exact) mass is 486 g/mol. The Kier molecular flexibility index (Phi) is 5.20. The van der Waals surface area contributed by atoms with Crippen LogP contribution in [0, 0.1) is 11.8 Å². The minimum absolute atomic E-state index is 0.138. The van der Waals surface area contributed by atoms with Crippen LogP contribution in [0.15, 0.2) is 30.6 Å². The van der Waals surface area contributed by atoms with E-state index >= 15 is 0 Å². The summed E-state index contributed by atoms with van der Waals surface area (Å²) in [6.45, 7) is 5.59. The average Bonchev–Trinajstić information content (AvgIpc) is 3.25. The second-order valence-corrected chi connectivity index (χ2v) is 11.1. The van der Waals surface area contributed by atoms with E-state index in [0.717, 1.165) is 62.9 Å². The lowest BCUT2D eigenvalue weighted by Gasteiger charge is -2.36. The molecule has 2 aromatic heterocycles. The van der Waals surface area contributed by atoms with Crippen LogP contribution in [0.5, 0.6) is 0 Å². The van der Waals surface area contributed by atoms with Gasteiger partial charge in [0.1, 0.15) is 0 Å². The first-order valence-electron chi connectivity index (χ1n) is 13.4. The van der Waals surface area contributed by atoms with E-state index in [1.54, 1.807) is 6.92 Å². The van der Waals surface area contributed by atoms with Crippen molar-refractivity contribution in [3.8, 4) is 11.1 Å². The highest BCUT2D eigenvalue weighted by Gasteiger charge is 2.39. The molecule has 0 N–H and O–H groups in total. The van der Waals surface area contributed by atoms with Crippen molar-refractivity contribution < 1.29 is 9.53 Å². The Morgan fingerprint density at radius 1 is 1.14 bits per heavy atom. The molecule has 1 aliphatic carbocycles. The van der Waals surface area contributed by atoms with Gasteiger partial charge in [0.05, 0.1) is 25.4 Å². The number of hydrogen-bond acceptors (Lipinski definition) is 5. The highest BCUT2D eigenvalue weighted by atomic mass is 16.5. The molecule has 2 atom stereocenters. The molecule has 3 aliphatic heterocycles. The molecule has 8 heteroatoms. The Labute approximate surface area is 211 Å². The van der Waals surface area contributed by atoms with E-state index in [4.69, 9.17) is 9.84 Å². The molecule has 0 radical (unpaired) electrons. The Hall–Kier alpha value is -3.13. The first-order chi connectivity index (χ1) is 17.5. The summed E-state index contributed by atoms with van der Waals surface area (Å²) in [5.74, 6) is 2.62. The minimum Gasteiger partial charge on any atom is -0.379 e. The Bertz CT molecular complexity index is 1320. The van der Waals surface area contributed by atoms with Gasteiger partial charge in [-0.05, 0) is 60.8 Å². The molecular formula is C28H34N6O2. The predicted octanol–water partition coefficient (Wildman–Crippen LogP) is 3.87.